The summed E-state index contributed by atoms with van der Waals surface area (Å²) in [5.74, 6) is 0. The molecular formula is C9H19N3O4S. The van der Waals surface area contributed by atoms with Crippen LogP contribution in [-0.2, 0) is 10.0 Å². The average molecular weight is 265 g/mol. The molecule has 7 nitrogen and oxygen atoms in total. The third kappa shape index (κ3) is 6.77. The Morgan fingerprint density at radius 3 is 2.29 bits per heavy atom. The molecule has 0 aromatic rings. The van der Waals surface area contributed by atoms with E-state index in [-0.39, 0.29) is 0 Å². The molecule has 0 aromatic heterocycles. The summed E-state index contributed by atoms with van der Waals surface area (Å²) in [6.45, 7) is 2.49. The summed E-state index contributed by atoms with van der Waals surface area (Å²) in [7, 11) is -2.56. The Kier molecular flexibility index (Phi) is 6.55. The van der Waals surface area contributed by atoms with Crippen LogP contribution in [0.2, 0.25) is 0 Å². The summed E-state index contributed by atoms with van der Waals surface area (Å²) in [5, 5.41) is 4.38. The maximum atomic E-state index is 11.3. The zero-order chi connectivity index (χ0) is 13.5. The maximum absolute atomic E-state index is 11.3. The molecular weight excluding hydrogens is 246 g/mol. The number of unbranched alkanes of at least 4 members (excludes halogenated alkanes) is 2. The van der Waals surface area contributed by atoms with Crippen molar-refractivity contribution >= 4 is 22.1 Å². The van der Waals surface area contributed by atoms with Crippen molar-refractivity contribution in [1.29, 1.82) is 0 Å². The number of imide groups is 1. The molecule has 8 heteroatoms. The van der Waals surface area contributed by atoms with Crippen molar-refractivity contribution in [3.63, 3.8) is 0 Å². The summed E-state index contributed by atoms with van der Waals surface area (Å²) < 4.78 is 22.4. The van der Waals surface area contributed by atoms with E-state index >= 15 is 0 Å². The van der Waals surface area contributed by atoms with E-state index in [2.05, 4.69) is 5.32 Å². The van der Waals surface area contributed by atoms with Gasteiger partial charge < -0.3 is 5.32 Å². The van der Waals surface area contributed by atoms with Gasteiger partial charge in [-0.25, -0.2) is 22.3 Å². The minimum absolute atomic E-state index is 0.454. The molecule has 0 bridgehead atoms. The number of nitrogens with one attached hydrogen (secondary N) is 2. The van der Waals surface area contributed by atoms with E-state index in [4.69, 9.17) is 0 Å². The quantitative estimate of drug-likeness (QED) is 0.707. The van der Waals surface area contributed by atoms with Crippen LogP contribution < -0.4 is 10.6 Å². The zero-order valence-electron chi connectivity index (χ0n) is 10.3. The van der Waals surface area contributed by atoms with Gasteiger partial charge in [0.1, 0.15) is 0 Å². The van der Waals surface area contributed by atoms with Crippen molar-refractivity contribution < 1.29 is 18.0 Å². The molecule has 0 fully saturated rings. The summed E-state index contributed by atoms with van der Waals surface area (Å²) in [6.07, 6.45) is 3.71. The Labute approximate surface area is 102 Å². The largest absolute Gasteiger partial charge is 0.338 e. The Balaban J connectivity index is 4.01. The summed E-state index contributed by atoms with van der Waals surface area (Å²) in [6, 6.07) is -1.66. The number of nitrogens with zero attached hydrogens (tertiary/aromatic N) is 1. The van der Waals surface area contributed by atoms with Crippen LogP contribution in [0.15, 0.2) is 0 Å². The zero-order valence-corrected chi connectivity index (χ0v) is 11.1. The molecule has 0 saturated heterocycles. The Morgan fingerprint density at radius 1 is 1.24 bits per heavy atom. The lowest BCUT2D eigenvalue weighted by Gasteiger charge is -2.14. The highest BCUT2D eigenvalue weighted by molar-refractivity contribution is 7.88. The number of urea groups is 2. The lowest BCUT2D eigenvalue weighted by atomic mass is 10.2. The highest BCUT2D eigenvalue weighted by Crippen LogP contribution is 1.93. The second-order valence-corrected chi connectivity index (χ2v) is 5.64. The topological polar surface area (TPSA) is 95.6 Å². The lowest BCUT2D eigenvalue weighted by molar-refractivity contribution is 0.219. The summed E-state index contributed by atoms with van der Waals surface area (Å²) in [5.41, 5.74) is 0. The number of rotatable bonds is 5. The first-order valence-electron chi connectivity index (χ1n) is 5.31. The number of hydrogen-bond acceptors (Lipinski definition) is 4. The molecule has 0 aliphatic heterocycles. The van der Waals surface area contributed by atoms with Crippen LogP contribution in [0.1, 0.15) is 26.2 Å². The number of carbonyl (C=O) groups is 2. The molecule has 0 heterocycles. The van der Waals surface area contributed by atoms with Crippen molar-refractivity contribution in [2.75, 3.05) is 19.8 Å². The molecule has 0 saturated carbocycles. The number of sulfonamides is 1. The fourth-order valence-corrected chi connectivity index (χ4v) is 1.29. The third-order valence-electron chi connectivity index (χ3n) is 2.07. The summed E-state index contributed by atoms with van der Waals surface area (Å²) >= 11 is 0. The molecule has 100 valence electrons. The van der Waals surface area contributed by atoms with Gasteiger partial charge in [0.2, 0.25) is 10.0 Å². The fourth-order valence-electron chi connectivity index (χ4n) is 0.948. The molecule has 0 unspecified atom stereocenters. The van der Waals surface area contributed by atoms with Crippen molar-refractivity contribution in [2.45, 2.75) is 26.2 Å². The lowest BCUT2D eigenvalue weighted by Crippen LogP contribution is -2.47. The van der Waals surface area contributed by atoms with Crippen LogP contribution in [0, 0.1) is 0 Å². The number of amides is 4. The normalized spacial score (nSPS) is 10.8. The molecule has 0 aliphatic carbocycles. The van der Waals surface area contributed by atoms with Crippen LogP contribution in [-0.4, -0.2) is 44.6 Å². The van der Waals surface area contributed by atoms with Crippen LogP contribution >= 0.6 is 0 Å². The Hall–Kier alpha value is -1.31. The van der Waals surface area contributed by atoms with E-state index in [1.807, 2.05) is 12.2 Å². The van der Waals surface area contributed by atoms with Crippen LogP contribution in [0.5, 0.6) is 0 Å². The van der Waals surface area contributed by atoms with Gasteiger partial charge in [0.15, 0.2) is 0 Å². The first-order valence-corrected chi connectivity index (χ1v) is 7.16. The van der Waals surface area contributed by atoms with Crippen LogP contribution in [0.4, 0.5) is 9.59 Å². The molecule has 4 amide bonds. The first kappa shape index (κ1) is 15.7. The van der Waals surface area contributed by atoms with Crippen molar-refractivity contribution in [3.8, 4) is 0 Å². The van der Waals surface area contributed by atoms with Gasteiger partial charge in [0.05, 0.1) is 6.26 Å². The molecule has 0 aromatic carbocycles. The molecule has 0 radical (unpaired) electrons. The molecule has 0 aliphatic rings. The van der Waals surface area contributed by atoms with Gasteiger partial charge in [0.25, 0.3) is 0 Å². The Morgan fingerprint density at radius 2 is 1.82 bits per heavy atom. The average Bonchev–Trinajstić information content (AvgIpc) is 2.22. The van der Waals surface area contributed by atoms with E-state index in [0.717, 1.165) is 32.6 Å². The van der Waals surface area contributed by atoms with E-state index in [0.29, 0.717) is 10.8 Å². The standard InChI is InChI=1S/C9H19N3O4S/c1-4-5-6-7-10-8(13)11-9(14)12(2)17(3,15)16/h4-7H2,1-3H3,(H2,10,11,13,14). The van der Waals surface area contributed by atoms with Gasteiger partial charge in [-0.1, -0.05) is 19.8 Å². The number of carbonyl (C=O) groups excluding carboxylic acids is 2. The van der Waals surface area contributed by atoms with Gasteiger partial charge >= 0.3 is 12.1 Å². The molecule has 0 spiro atoms. The number of hydrogen-bond donors (Lipinski definition) is 2. The minimum Gasteiger partial charge on any atom is -0.338 e. The van der Waals surface area contributed by atoms with E-state index in [1.54, 1.807) is 0 Å². The fraction of sp³-hybridized carbons (Fsp3) is 0.778. The van der Waals surface area contributed by atoms with Crippen LogP contribution in [0.25, 0.3) is 0 Å². The molecule has 0 atom stereocenters. The van der Waals surface area contributed by atoms with Crippen molar-refractivity contribution in [3.05, 3.63) is 0 Å². The highest BCUT2D eigenvalue weighted by Gasteiger charge is 2.19. The van der Waals surface area contributed by atoms with Gasteiger partial charge in [-0.3, -0.25) is 5.32 Å². The monoisotopic (exact) mass is 265 g/mol. The SMILES string of the molecule is CCCCCNC(=O)NC(=O)N(C)S(C)(=O)=O. The second kappa shape index (κ2) is 7.10. The van der Waals surface area contributed by atoms with Crippen LogP contribution in [0.3, 0.4) is 0 Å². The van der Waals surface area contributed by atoms with Gasteiger partial charge in [0, 0.05) is 13.6 Å². The van der Waals surface area contributed by atoms with E-state index < -0.39 is 22.1 Å². The van der Waals surface area contributed by atoms with Gasteiger partial charge in [-0.15, -0.1) is 0 Å². The predicted molar refractivity (Wildman–Crippen MR) is 64.1 cm³/mol. The minimum atomic E-state index is -3.64. The second-order valence-electron chi connectivity index (χ2n) is 3.62. The van der Waals surface area contributed by atoms with Crippen molar-refractivity contribution in [2.24, 2.45) is 0 Å². The third-order valence-corrected chi connectivity index (χ3v) is 3.23. The van der Waals surface area contributed by atoms with Crippen molar-refractivity contribution in [1.82, 2.24) is 14.9 Å². The Bertz CT molecular complexity index is 366. The van der Waals surface area contributed by atoms with Gasteiger partial charge in [-0.2, -0.15) is 0 Å². The maximum Gasteiger partial charge on any atom is 0.338 e. The highest BCUT2D eigenvalue weighted by atomic mass is 32.2. The first-order chi connectivity index (χ1) is 7.79. The smallest absolute Gasteiger partial charge is 0.338 e. The van der Waals surface area contributed by atoms with E-state index in [1.165, 1.54) is 0 Å². The molecule has 0 rings (SSSR count). The van der Waals surface area contributed by atoms with E-state index in [9.17, 15) is 18.0 Å². The van der Waals surface area contributed by atoms with Gasteiger partial charge in [-0.05, 0) is 6.42 Å². The molecule has 17 heavy (non-hydrogen) atoms. The molecule has 2 N–H and O–H groups in total. The predicted octanol–water partition coefficient (Wildman–Crippen LogP) is 0.487. The summed E-state index contributed by atoms with van der Waals surface area (Å²) in [4.78, 5) is 22.4.